The van der Waals surface area contributed by atoms with E-state index in [4.69, 9.17) is 14.2 Å². The number of piperazine rings is 1. The summed E-state index contributed by atoms with van der Waals surface area (Å²) in [7, 11) is 1.23. The number of hydrogen-bond donors (Lipinski definition) is 0. The molecule has 0 spiro atoms. The van der Waals surface area contributed by atoms with Crippen molar-refractivity contribution >= 4 is 23.9 Å². The SMILES string of the molecule is COC(=O)C(CCC(=O)OC(C)(C)C)N1CCN(C(=O)OCc2ccccc2)[C@@H](C)C1=O. The van der Waals surface area contributed by atoms with Gasteiger partial charge in [0.25, 0.3) is 0 Å². The largest absolute Gasteiger partial charge is 0.467 e. The van der Waals surface area contributed by atoms with Crippen LogP contribution in [0, 0.1) is 0 Å². The van der Waals surface area contributed by atoms with Crippen molar-refractivity contribution in [2.75, 3.05) is 20.2 Å². The van der Waals surface area contributed by atoms with E-state index in [0.29, 0.717) is 0 Å². The van der Waals surface area contributed by atoms with Crippen LogP contribution in [-0.2, 0) is 35.2 Å². The topological polar surface area (TPSA) is 102 Å². The van der Waals surface area contributed by atoms with Gasteiger partial charge in [-0.15, -0.1) is 0 Å². The molecule has 1 heterocycles. The number of amides is 2. The van der Waals surface area contributed by atoms with Crippen molar-refractivity contribution in [2.45, 2.75) is 64.8 Å². The molecule has 2 amide bonds. The molecule has 2 rings (SSSR count). The highest BCUT2D eigenvalue weighted by molar-refractivity contribution is 5.90. The van der Waals surface area contributed by atoms with Crippen LogP contribution in [0.5, 0.6) is 0 Å². The van der Waals surface area contributed by atoms with Gasteiger partial charge in [0.15, 0.2) is 0 Å². The number of carbonyl (C=O) groups excluding carboxylic acids is 4. The molecule has 1 aromatic rings. The lowest BCUT2D eigenvalue weighted by atomic mass is 10.1. The molecule has 1 aliphatic rings. The number of rotatable bonds is 7. The van der Waals surface area contributed by atoms with Crippen LogP contribution in [0.1, 0.15) is 46.1 Å². The van der Waals surface area contributed by atoms with Crippen LogP contribution in [0.3, 0.4) is 0 Å². The smallest absolute Gasteiger partial charge is 0.410 e. The van der Waals surface area contributed by atoms with E-state index in [1.54, 1.807) is 27.7 Å². The molecule has 0 aliphatic carbocycles. The molecule has 9 heteroatoms. The van der Waals surface area contributed by atoms with E-state index < -0.39 is 41.6 Å². The fraction of sp³-hybridized carbons (Fsp3) is 0.565. The van der Waals surface area contributed by atoms with Crippen molar-refractivity contribution in [3.05, 3.63) is 35.9 Å². The average molecular weight is 449 g/mol. The molecule has 1 unspecified atom stereocenters. The summed E-state index contributed by atoms with van der Waals surface area (Å²) < 4.78 is 15.5. The van der Waals surface area contributed by atoms with Crippen LogP contribution in [-0.4, -0.2) is 71.6 Å². The summed E-state index contributed by atoms with van der Waals surface area (Å²) in [6, 6.07) is 7.48. The van der Waals surface area contributed by atoms with E-state index in [1.165, 1.54) is 16.9 Å². The first kappa shape index (κ1) is 25.2. The number of esters is 2. The van der Waals surface area contributed by atoms with E-state index in [0.717, 1.165) is 5.56 Å². The number of carbonyl (C=O) groups is 4. The Bertz CT molecular complexity index is 819. The minimum absolute atomic E-state index is 0.0436. The third-order valence-corrected chi connectivity index (χ3v) is 5.02. The molecule has 0 bridgehead atoms. The summed E-state index contributed by atoms with van der Waals surface area (Å²) in [5.41, 5.74) is 0.194. The Balaban J connectivity index is 2.00. The third-order valence-electron chi connectivity index (χ3n) is 5.02. The molecule has 1 aromatic carbocycles. The van der Waals surface area contributed by atoms with Crippen LogP contribution in [0.15, 0.2) is 30.3 Å². The Hall–Kier alpha value is -3.10. The van der Waals surface area contributed by atoms with Crippen LogP contribution < -0.4 is 0 Å². The highest BCUT2D eigenvalue weighted by atomic mass is 16.6. The molecule has 1 fully saturated rings. The van der Waals surface area contributed by atoms with Crippen LogP contribution >= 0.6 is 0 Å². The Morgan fingerprint density at radius 3 is 2.38 bits per heavy atom. The zero-order chi connectivity index (χ0) is 23.9. The van der Waals surface area contributed by atoms with E-state index in [2.05, 4.69) is 0 Å². The minimum atomic E-state index is -0.940. The van der Waals surface area contributed by atoms with Crippen LogP contribution in [0.2, 0.25) is 0 Å². The maximum atomic E-state index is 13.0. The van der Waals surface area contributed by atoms with Gasteiger partial charge in [0.05, 0.1) is 7.11 Å². The Labute approximate surface area is 188 Å². The predicted octanol–water partition coefficient (Wildman–Crippen LogP) is 2.52. The maximum absolute atomic E-state index is 13.0. The summed E-state index contributed by atoms with van der Waals surface area (Å²) in [4.78, 5) is 52.7. The van der Waals surface area contributed by atoms with Gasteiger partial charge in [0.2, 0.25) is 5.91 Å². The van der Waals surface area contributed by atoms with Crippen molar-refractivity contribution in [3.63, 3.8) is 0 Å². The van der Waals surface area contributed by atoms with Crippen LogP contribution in [0.4, 0.5) is 4.79 Å². The second kappa shape index (κ2) is 11.0. The zero-order valence-corrected chi connectivity index (χ0v) is 19.3. The zero-order valence-electron chi connectivity index (χ0n) is 19.3. The van der Waals surface area contributed by atoms with Crippen molar-refractivity contribution in [1.82, 2.24) is 9.80 Å². The second-order valence-electron chi connectivity index (χ2n) is 8.61. The van der Waals surface area contributed by atoms with Gasteiger partial charge < -0.3 is 19.1 Å². The summed E-state index contributed by atoms with van der Waals surface area (Å²) in [6.07, 6.45) is -0.575. The lowest BCUT2D eigenvalue weighted by Crippen LogP contribution is -2.61. The van der Waals surface area contributed by atoms with Gasteiger partial charge in [-0.05, 0) is 39.7 Å². The third kappa shape index (κ3) is 6.96. The molecule has 1 saturated heterocycles. The predicted molar refractivity (Wildman–Crippen MR) is 115 cm³/mol. The highest BCUT2D eigenvalue weighted by Gasteiger charge is 2.41. The van der Waals surface area contributed by atoms with Gasteiger partial charge in [-0.1, -0.05) is 30.3 Å². The van der Waals surface area contributed by atoms with E-state index >= 15 is 0 Å². The number of ether oxygens (including phenoxy) is 3. The molecule has 9 nitrogen and oxygen atoms in total. The number of methoxy groups -OCH3 is 1. The molecule has 176 valence electrons. The van der Waals surface area contributed by atoms with Gasteiger partial charge in [-0.3, -0.25) is 14.5 Å². The number of nitrogens with zero attached hydrogens (tertiary/aromatic N) is 2. The number of hydrogen-bond acceptors (Lipinski definition) is 7. The summed E-state index contributed by atoms with van der Waals surface area (Å²) in [5, 5.41) is 0. The lowest BCUT2D eigenvalue weighted by Gasteiger charge is -2.41. The van der Waals surface area contributed by atoms with Crippen LogP contribution in [0.25, 0.3) is 0 Å². The van der Waals surface area contributed by atoms with Crippen molar-refractivity contribution < 1.29 is 33.4 Å². The van der Waals surface area contributed by atoms with Gasteiger partial charge >= 0.3 is 18.0 Å². The first-order valence-corrected chi connectivity index (χ1v) is 10.6. The molecular formula is C23H32N2O7. The standard InChI is InChI=1S/C23H32N2O7/c1-16-20(27)25(18(21(28)30-5)11-12-19(26)32-23(2,3)4)14-13-24(16)22(29)31-15-17-9-7-6-8-10-17/h6-10,16,18H,11-15H2,1-5H3/t16-,18?/m0/s1. The molecule has 0 radical (unpaired) electrons. The van der Waals surface area contributed by atoms with Crippen molar-refractivity contribution in [3.8, 4) is 0 Å². The van der Waals surface area contributed by atoms with Gasteiger partial charge in [0, 0.05) is 19.5 Å². The molecule has 0 aromatic heterocycles. The average Bonchev–Trinajstić information content (AvgIpc) is 2.74. The van der Waals surface area contributed by atoms with Crippen molar-refractivity contribution in [1.29, 1.82) is 0 Å². The second-order valence-corrected chi connectivity index (χ2v) is 8.61. The lowest BCUT2D eigenvalue weighted by molar-refractivity contribution is -0.160. The molecule has 0 saturated carbocycles. The minimum Gasteiger partial charge on any atom is -0.467 e. The van der Waals surface area contributed by atoms with Gasteiger partial charge in [-0.25, -0.2) is 9.59 Å². The molecule has 0 N–H and O–H groups in total. The molecular weight excluding hydrogens is 416 g/mol. The van der Waals surface area contributed by atoms with E-state index in [-0.39, 0.29) is 32.5 Å². The quantitative estimate of drug-likeness (QED) is 0.466. The summed E-state index contributed by atoms with van der Waals surface area (Å²) in [5.74, 6) is -1.49. The highest BCUT2D eigenvalue weighted by Crippen LogP contribution is 2.20. The first-order valence-electron chi connectivity index (χ1n) is 10.6. The summed E-state index contributed by atoms with van der Waals surface area (Å²) in [6.45, 7) is 7.26. The normalized spacial score (nSPS) is 17.5. The number of benzene rings is 1. The van der Waals surface area contributed by atoms with E-state index in [9.17, 15) is 19.2 Å². The van der Waals surface area contributed by atoms with Gasteiger partial charge in [-0.2, -0.15) is 0 Å². The van der Waals surface area contributed by atoms with Crippen molar-refractivity contribution in [2.24, 2.45) is 0 Å². The summed E-state index contributed by atoms with van der Waals surface area (Å²) >= 11 is 0. The fourth-order valence-electron chi connectivity index (χ4n) is 3.44. The maximum Gasteiger partial charge on any atom is 0.410 e. The monoisotopic (exact) mass is 448 g/mol. The Kier molecular flexibility index (Phi) is 8.63. The molecule has 1 aliphatic heterocycles. The fourth-order valence-corrected chi connectivity index (χ4v) is 3.44. The molecule has 2 atom stereocenters. The van der Waals surface area contributed by atoms with Gasteiger partial charge in [0.1, 0.15) is 24.3 Å². The Morgan fingerprint density at radius 1 is 1.12 bits per heavy atom. The molecule has 32 heavy (non-hydrogen) atoms. The Morgan fingerprint density at radius 2 is 1.78 bits per heavy atom. The first-order chi connectivity index (χ1) is 15.0. The van der Waals surface area contributed by atoms with E-state index in [1.807, 2.05) is 30.3 Å².